The molecule has 0 aliphatic heterocycles. The van der Waals surface area contributed by atoms with Crippen LogP contribution in [0.5, 0.6) is 0 Å². The molecule has 0 radical (unpaired) electrons. The van der Waals surface area contributed by atoms with Crippen LogP contribution in [0.2, 0.25) is 0 Å². The van der Waals surface area contributed by atoms with Crippen LogP contribution >= 0.6 is 15.9 Å². The molecule has 0 saturated carbocycles. The SMILES string of the molecule is CCC(=O)Nc1ccc(NC(=O)c2ccc(-n3nc(C)c(Br)c3C)cc2)cc1. The van der Waals surface area contributed by atoms with Gasteiger partial charge < -0.3 is 10.6 Å². The second-order valence-corrected chi connectivity index (χ2v) is 7.17. The van der Waals surface area contributed by atoms with Gasteiger partial charge in [-0.2, -0.15) is 5.10 Å². The predicted octanol–water partition coefficient (Wildman–Crippen LogP) is 4.85. The van der Waals surface area contributed by atoms with Crippen LogP contribution in [0.3, 0.4) is 0 Å². The third-order valence-corrected chi connectivity index (χ3v) is 5.47. The van der Waals surface area contributed by atoms with Crippen molar-refractivity contribution in [1.29, 1.82) is 0 Å². The maximum atomic E-state index is 12.5. The number of aromatic nitrogens is 2. The average molecular weight is 441 g/mol. The summed E-state index contributed by atoms with van der Waals surface area (Å²) in [7, 11) is 0. The van der Waals surface area contributed by atoms with E-state index >= 15 is 0 Å². The number of hydrogen-bond acceptors (Lipinski definition) is 3. The van der Waals surface area contributed by atoms with Crippen molar-refractivity contribution in [3.05, 3.63) is 70.0 Å². The molecule has 3 rings (SSSR count). The zero-order valence-electron chi connectivity index (χ0n) is 15.9. The number of amides is 2. The highest BCUT2D eigenvalue weighted by molar-refractivity contribution is 9.10. The Hall–Kier alpha value is -2.93. The molecule has 0 atom stereocenters. The van der Waals surface area contributed by atoms with Gasteiger partial charge in [0.05, 0.1) is 21.5 Å². The first-order valence-electron chi connectivity index (χ1n) is 8.92. The van der Waals surface area contributed by atoms with Crippen molar-refractivity contribution < 1.29 is 9.59 Å². The minimum atomic E-state index is -0.202. The van der Waals surface area contributed by atoms with Crippen LogP contribution < -0.4 is 10.6 Å². The van der Waals surface area contributed by atoms with E-state index in [0.717, 1.165) is 21.5 Å². The molecule has 2 amide bonds. The Labute approximate surface area is 172 Å². The Morgan fingerprint density at radius 2 is 1.54 bits per heavy atom. The van der Waals surface area contributed by atoms with Gasteiger partial charge in [-0.25, -0.2) is 4.68 Å². The lowest BCUT2D eigenvalue weighted by atomic mass is 10.2. The summed E-state index contributed by atoms with van der Waals surface area (Å²) in [6.07, 6.45) is 0.420. The van der Waals surface area contributed by atoms with Crippen LogP contribution in [0.15, 0.2) is 53.0 Å². The molecule has 1 heterocycles. The van der Waals surface area contributed by atoms with Crippen molar-refractivity contribution in [1.82, 2.24) is 9.78 Å². The summed E-state index contributed by atoms with van der Waals surface area (Å²) in [6, 6.07) is 14.3. The lowest BCUT2D eigenvalue weighted by Crippen LogP contribution is -2.12. The normalized spacial score (nSPS) is 10.6. The molecular formula is C21H21BrN4O2. The number of nitrogens with one attached hydrogen (secondary N) is 2. The standard InChI is InChI=1S/C21H21BrN4O2/c1-4-19(27)23-16-7-9-17(10-8-16)24-21(28)15-5-11-18(12-6-15)26-14(3)20(22)13(2)25-26/h5-12H,4H2,1-3H3,(H,23,27)(H,24,28). The number of aryl methyl sites for hydroxylation is 1. The molecule has 1 aromatic heterocycles. The fourth-order valence-corrected chi connectivity index (χ4v) is 2.97. The second-order valence-electron chi connectivity index (χ2n) is 6.38. The highest BCUT2D eigenvalue weighted by Crippen LogP contribution is 2.23. The maximum Gasteiger partial charge on any atom is 0.255 e. The van der Waals surface area contributed by atoms with Crippen molar-refractivity contribution >= 4 is 39.1 Å². The second kappa shape index (κ2) is 8.39. The molecule has 7 heteroatoms. The third kappa shape index (κ3) is 4.31. The molecule has 144 valence electrons. The summed E-state index contributed by atoms with van der Waals surface area (Å²) in [5.74, 6) is -0.252. The lowest BCUT2D eigenvalue weighted by molar-refractivity contribution is -0.115. The molecule has 3 aromatic rings. The Kier molecular flexibility index (Phi) is 5.94. The number of carbonyl (C=O) groups is 2. The zero-order valence-corrected chi connectivity index (χ0v) is 17.5. The Bertz CT molecular complexity index is 1010. The number of anilines is 2. The largest absolute Gasteiger partial charge is 0.326 e. The van der Waals surface area contributed by atoms with Gasteiger partial charge in [0.25, 0.3) is 5.91 Å². The monoisotopic (exact) mass is 440 g/mol. The Balaban J connectivity index is 1.69. The molecule has 0 saturated heterocycles. The van der Waals surface area contributed by atoms with Gasteiger partial charge in [-0.3, -0.25) is 9.59 Å². The number of nitrogens with zero attached hydrogens (tertiary/aromatic N) is 2. The van der Waals surface area contributed by atoms with Crippen molar-refractivity contribution in [2.75, 3.05) is 10.6 Å². The van der Waals surface area contributed by atoms with Crippen molar-refractivity contribution in [3.8, 4) is 5.69 Å². The molecule has 0 spiro atoms. The van der Waals surface area contributed by atoms with E-state index in [9.17, 15) is 9.59 Å². The van der Waals surface area contributed by atoms with Crippen LogP contribution in [0.1, 0.15) is 35.1 Å². The summed E-state index contributed by atoms with van der Waals surface area (Å²) >= 11 is 3.52. The van der Waals surface area contributed by atoms with Crippen molar-refractivity contribution in [2.24, 2.45) is 0 Å². The minimum Gasteiger partial charge on any atom is -0.326 e. The molecule has 28 heavy (non-hydrogen) atoms. The molecule has 0 aliphatic carbocycles. The van der Waals surface area contributed by atoms with E-state index in [0.29, 0.717) is 23.4 Å². The molecule has 0 aliphatic rings. The van der Waals surface area contributed by atoms with E-state index in [-0.39, 0.29) is 11.8 Å². The van der Waals surface area contributed by atoms with E-state index in [1.165, 1.54) is 0 Å². The lowest BCUT2D eigenvalue weighted by Gasteiger charge is -2.09. The highest BCUT2D eigenvalue weighted by atomic mass is 79.9. The van der Waals surface area contributed by atoms with Crippen molar-refractivity contribution in [3.63, 3.8) is 0 Å². The Morgan fingerprint density at radius 1 is 0.964 bits per heavy atom. The smallest absolute Gasteiger partial charge is 0.255 e. The first-order chi connectivity index (χ1) is 13.4. The number of benzene rings is 2. The molecule has 6 nitrogen and oxygen atoms in total. The van der Waals surface area contributed by atoms with Crippen LogP contribution in [-0.2, 0) is 4.79 Å². The maximum absolute atomic E-state index is 12.5. The fraction of sp³-hybridized carbons (Fsp3) is 0.190. The van der Waals surface area contributed by atoms with Gasteiger partial charge in [-0.15, -0.1) is 0 Å². The summed E-state index contributed by atoms with van der Waals surface area (Å²) < 4.78 is 2.82. The van der Waals surface area contributed by atoms with Crippen LogP contribution in [0.4, 0.5) is 11.4 Å². The first kappa shape index (κ1) is 19.8. The number of carbonyl (C=O) groups excluding carboxylic acids is 2. The highest BCUT2D eigenvalue weighted by Gasteiger charge is 2.11. The topological polar surface area (TPSA) is 76.0 Å². The molecular weight excluding hydrogens is 420 g/mol. The molecule has 0 unspecified atom stereocenters. The summed E-state index contributed by atoms with van der Waals surface area (Å²) in [5.41, 5.74) is 4.71. The van der Waals surface area contributed by atoms with E-state index in [1.807, 2.05) is 30.7 Å². The molecule has 2 N–H and O–H groups in total. The van der Waals surface area contributed by atoms with Gasteiger partial charge in [0.2, 0.25) is 5.91 Å². The van der Waals surface area contributed by atoms with Crippen LogP contribution in [-0.4, -0.2) is 21.6 Å². The van der Waals surface area contributed by atoms with Gasteiger partial charge in [0.15, 0.2) is 0 Å². The van der Waals surface area contributed by atoms with Crippen LogP contribution in [0, 0.1) is 13.8 Å². The number of halogens is 1. The minimum absolute atomic E-state index is 0.0495. The van der Waals surface area contributed by atoms with Crippen LogP contribution in [0.25, 0.3) is 5.69 Å². The first-order valence-corrected chi connectivity index (χ1v) is 9.71. The van der Waals surface area contributed by atoms with Gasteiger partial charge in [0, 0.05) is 23.4 Å². The Morgan fingerprint density at radius 3 is 2.04 bits per heavy atom. The third-order valence-electron chi connectivity index (χ3n) is 4.32. The van der Waals surface area contributed by atoms with E-state index in [4.69, 9.17) is 0 Å². The summed E-state index contributed by atoms with van der Waals surface area (Å²) in [4.78, 5) is 23.9. The van der Waals surface area contributed by atoms with Gasteiger partial charge in [-0.05, 0) is 78.3 Å². The average Bonchev–Trinajstić information content (AvgIpc) is 2.96. The fourth-order valence-electron chi connectivity index (χ4n) is 2.72. The molecule has 0 fully saturated rings. The molecule has 0 bridgehead atoms. The van der Waals surface area contributed by atoms with Crippen molar-refractivity contribution in [2.45, 2.75) is 27.2 Å². The van der Waals surface area contributed by atoms with E-state index < -0.39 is 0 Å². The zero-order chi connectivity index (χ0) is 20.3. The van der Waals surface area contributed by atoms with Gasteiger partial charge >= 0.3 is 0 Å². The number of hydrogen-bond donors (Lipinski definition) is 2. The summed E-state index contributed by atoms with van der Waals surface area (Å²) in [5, 5.41) is 10.1. The van der Waals surface area contributed by atoms with E-state index in [2.05, 4.69) is 31.7 Å². The van der Waals surface area contributed by atoms with Gasteiger partial charge in [0.1, 0.15) is 0 Å². The molecule has 2 aromatic carbocycles. The quantitative estimate of drug-likeness (QED) is 0.594. The number of rotatable bonds is 5. The summed E-state index contributed by atoms with van der Waals surface area (Å²) in [6.45, 7) is 5.72. The predicted molar refractivity (Wildman–Crippen MR) is 114 cm³/mol. The van der Waals surface area contributed by atoms with E-state index in [1.54, 1.807) is 43.3 Å². The van der Waals surface area contributed by atoms with Gasteiger partial charge in [-0.1, -0.05) is 6.92 Å².